The van der Waals surface area contributed by atoms with Crippen LogP contribution in [0.3, 0.4) is 0 Å². The highest BCUT2D eigenvalue weighted by atomic mass is 16.6. The molecule has 0 spiro atoms. The molecule has 3 fully saturated rings. The second-order valence-electron chi connectivity index (χ2n) is 17.3. The van der Waals surface area contributed by atoms with Crippen molar-refractivity contribution in [3.63, 3.8) is 0 Å². The fraction of sp³-hybridized carbons (Fsp3) is 0.556. The number of carbonyl (C=O) groups excluding carboxylic acids is 6. The van der Waals surface area contributed by atoms with E-state index in [-0.39, 0.29) is 29.7 Å². The van der Waals surface area contributed by atoms with E-state index in [4.69, 9.17) is 23.7 Å². The van der Waals surface area contributed by atoms with Crippen molar-refractivity contribution >= 4 is 35.6 Å². The smallest absolute Gasteiger partial charge is 0.338 e. The van der Waals surface area contributed by atoms with Crippen LogP contribution in [0, 0.1) is 22.7 Å². The second-order valence-corrected chi connectivity index (χ2v) is 17.3. The van der Waals surface area contributed by atoms with Crippen molar-refractivity contribution in [2.24, 2.45) is 22.7 Å². The van der Waals surface area contributed by atoms with Gasteiger partial charge in [0.25, 0.3) is 0 Å². The number of amides is 1. The van der Waals surface area contributed by atoms with Gasteiger partial charge in [0, 0.05) is 38.0 Å². The van der Waals surface area contributed by atoms with Crippen LogP contribution in [0.4, 0.5) is 0 Å². The number of carbonyl (C=O) groups is 6. The van der Waals surface area contributed by atoms with Crippen LogP contribution in [0.1, 0.15) is 96.6 Å². The zero-order valence-electron chi connectivity index (χ0n) is 35.1. The van der Waals surface area contributed by atoms with Crippen LogP contribution >= 0.6 is 0 Å². The van der Waals surface area contributed by atoms with Crippen LogP contribution in [0.25, 0.3) is 0 Å². The molecule has 60 heavy (non-hydrogen) atoms. The SMILES string of the molecule is CCC(C)C(=O)NC(c1ccccc1)C(O)C(=O)OC1C[C@@]2(O)C(OC(=O)c3ccccc3)C3[C@]4(OC(C)=O)COC4CC(O)[C@@]3(C)C(=O)C(OC(C)=O)C(=C1C)C2(C)C. The highest BCUT2D eigenvalue weighted by Gasteiger charge is 2.78. The highest BCUT2D eigenvalue weighted by molar-refractivity contribution is 5.95. The van der Waals surface area contributed by atoms with Gasteiger partial charge in [-0.2, -0.15) is 0 Å². The minimum Gasteiger partial charge on any atom is -0.456 e. The van der Waals surface area contributed by atoms with Gasteiger partial charge in [-0.15, -0.1) is 0 Å². The lowest BCUT2D eigenvalue weighted by Crippen LogP contribution is -2.82. The summed E-state index contributed by atoms with van der Waals surface area (Å²) in [6.45, 7) is 11.5. The number of aliphatic hydroxyl groups is 3. The van der Waals surface area contributed by atoms with E-state index in [1.165, 1.54) is 26.0 Å². The Balaban J connectivity index is 1.55. The Labute approximate surface area is 348 Å². The van der Waals surface area contributed by atoms with Gasteiger partial charge in [0.1, 0.15) is 23.9 Å². The Kier molecular flexibility index (Phi) is 12.2. The Bertz CT molecular complexity index is 2050. The van der Waals surface area contributed by atoms with Crippen molar-refractivity contribution in [1.29, 1.82) is 0 Å². The molecule has 15 heteroatoms. The maximum atomic E-state index is 15.4. The van der Waals surface area contributed by atoms with E-state index in [1.807, 2.05) is 6.92 Å². The number of esters is 4. The molecule has 1 heterocycles. The third kappa shape index (κ3) is 7.32. The molecule has 324 valence electrons. The number of rotatable bonds is 11. The highest BCUT2D eigenvalue weighted by Crippen LogP contribution is 2.64. The van der Waals surface area contributed by atoms with Gasteiger partial charge in [-0.3, -0.25) is 19.2 Å². The maximum absolute atomic E-state index is 15.4. The van der Waals surface area contributed by atoms with Crippen LogP contribution in [-0.2, 0) is 47.7 Å². The molecule has 15 nitrogen and oxygen atoms in total. The molecule has 4 N–H and O–H groups in total. The van der Waals surface area contributed by atoms with E-state index in [0.29, 0.717) is 12.0 Å². The fourth-order valence-corrected chi connectivity index (χ4v) is 9.85. The lowest BCUT2D eigenvalue weighted by atomic mass is 9.44. The van der Waals surface area contributed by atoms with Crippen molar-refractivity contribution in [1.82, 2.24) is 5.32 Å². The first kappa shape index (κ1) is 44.6. The number of hydrogen-bond donors (Lipinski definition) is 4. The average Bonchev–Trinajstić information content (AvgIpc) is 3.20. The Hall–Kier alpha value is -4.96. The largest absolute Gasteiger partial charge is 0.456 e. The summed E-state index contributed by atoms with van der Waals surface area (Å²) in [7, 11) is 0. The summed E-state index contributed by atoms with van der Waals surface area (Å²) < 4.78 is 30.2. The molecule has 6 rings (SSSR count). The first-order valence-corrected chi connectivity index (χ1v) is 20.3. The number of aliphatic hydroxyl groups excluding tert-OH is 2. The predicted molar refractivity (Wildman–Crippen MR) is 211 cm³/mol. The van der Waals surface area contributed by atoms with E-state index < -0.39 is 119 Å². The average molecular weight is 834 g/mol. The number of ketones is 1. The van der Waals surface area contributed by atoms with Gasteiger partial charge in [-0.25, -0.2) is 9.59 Å². The summed E-state index contributed by atoms with van der Waals surface area (Å²) in [5, 5.41) is 40.1. The number of benzene rings is 2. The Morgan fingerprint density at radius 2 is 1.55 bits per heavy atom. The van der Waals surface area contributed by atoms with E-state index in [1.54, 1.807) is 69.3 Å². The molecule has 2 saturated carbocycles. The predicted octanol–water partition coefficient (Wildman–Crippen LogP) is 3.47. The summed E-state index contributed by atoms with van der Waals surface area (Å²) in [6, 6.07) is 14.9. The van der Waals surface area contributed by atoms with Gasteiger partial charge in [0.15, 0.2) is 23.6 Å². The molecule has 0 aromatic heterocycles. The first-order chi connectivity index (χ1) is 28.1. The van der Waals surface area contributed by atoms with Crippen LogP contribution in [-0.4, -0.2) is 105 Å². The number of hydrogen-bond acceptors (Lipinski definition) is 14. The molecule has 4 aliphatic rings. The number of ether oxygens (including phenoxy) is 5. The maximum Gasteiger partial charge on any atom is 0.338 e. The van der Waals surface area contributed by atoms with Crippen molar-refractivity contribution < 1.29 is 67.8 Å². The summed E-state index contributed by atoms with van der Waals surface area (Å²) in [5.41, 5.74) is -7.15. The number of fused-ring (bicyclic) bond motifs is 5. The van der Waals surface area contributed by atoms with E-state index >= 15 is 4.79 Å². The van der Waals surface area contributed by atoms with Gasteiger partial charge >= 0.3 is 23.9 Å². The fourth-order valence-electron chi connectivity index (χ4n) is 9.85. The van der Waals surface area contributed by atoms with Gasteiger partial charge in [0.2, 0.25) is 5.91 Å². The van der Waals surface area contributed by atoms with Gasteiger partial charge in [-0.05, 0) is 49.1 Å². The summed E-state index contributed by atoms with van der Waals surface area (Å²) in [6.07, 6.45) is -9.88. The van der Waals surface area contributed by atoms with Crippen LogP contribution < -0.4 is 5.32 Å². The molecule has 2 bridgehead atoms. The van der Waals surface area contributed by atoms with Gasteiger partial charge in [0.05, 0.1) is 35.6 Å². The van der Waals surface area contributed by atoms with Crippen LogP contribution in [0.5, 0.6) is 0 Å². The van der Waals surface area contributed by atoms with Crippen LogP contribution in [0.2, 0.25) is 0 Å². The first-order valence-electron chi connectivity index (χ1n) is 20.3. The molecular weight excluding hydrogens is 778 g/mol. The molecule has 1 saturated heterocycles. The second kappa shape index (κ2) is 16.5. The molecule has 12 atom stereocenters. The van der Waals surface area contributed by atoms with Gasteiger partial charge < -0.3 is 44.3 Å². The molecular formula is C45H55NO14. The third-order valence-corrected chi connectivity index (χ3v) is 13.5. The topological polar surface area (TPSA) is 221 Å². The number of Topliss-reactive ketones (excluding diaryl/α,β-unsaturated/α-hetero) is 1. The quantitative estimate of drug-likeness (QED) is 0.145. The normalized spacial score (nSPS) is 33.1. The standard InChI is InChI=1S/C45H55NO14/c1-9-23(2)39(52)46-33(27-16-12-10-13-17-27)34(50)41(54)58-29-21-45(55)38(59-40(53)28-18-14-11-15-19-28)36-43(8,30(49)20-31-44(36,22-56-31)60-26(5)48)37(51)35(57-25(4)47)32(24(29)3)42(45,6)7/h10-19,23,29-31,33-36,38,49-50,55H,9,20-22H2,1-8H3,(H,46,52)/t23?,29?,30?,31?,33?,34?,35?,36?,38?,43-,44+,45-/m1/s1. The summed E-state index contributed by atoms with van der Waals surface area (Å²) >= 11 is 0. The zero-order chi connectivity index (χ0) is 44.1. The lowest BCUT2D eigenvalue weighted by Gasteiger charge is -2.67. The monoisotopic (exact) mass is 833 g/mol. The summed E-state index contributed by atoms with van der Waals surface area (Å²) in [5.74, 6) is -7.06. The van der Waals surface area contributed by atoms with E-state index in [9.17, 15) is 39.3 Å². The Morgan fingerprint density at radius 3 is 2.10 bits per heavy atom. The van der Waals surface area contributed by atoms with Crippen molar-refractivity contribution in [3.8, 4) is 0 Å². The molecule has 3 aliphatic carbocycles. The van der Waals surface area contributed by atoms with Crippen molar-refractivity contribution in [2.75, 3.05) is 6.61 Å². The third-order valence-electron chi connectivity index (χ3n) is 13.5. The van der Waals surface area contributed by atoms with E-state index in [0.717, 1.165) is 13.8 Å². The van der Waals surface area contributed by atoms with Gasteiger partial charge in [-0.1, -0.05) is 76.2 Å². The Morgan fingerprint density at radius 1 is 0.933 bits per heavy atom. The van der Waals surface area contributed by atoms with Crippen LogP contribution in [0.15, 0.2) is 71.8 Å². The minimum absolute atomic E-state index is 0.00887. The van der Waals surface area contributed by atoms with E-state index in [2.05, 4.69) is 5.32 Å². The van der Waals surface area contributed by atoms with Crippen molar-refractivity contribution in [3.05, 3.63) is 82.9 Å². The molecule has 1 aliphatic heterocycles. The summed E-state index contributed by atoms with van der Waals surface area (Å²) in [4.78, 5) is 83.0. The zero-order valence-corrected chi connectivity index (χ0v) is 35.1. The molecule has 9 unspecified atom stereocenters. The lowest BCUT2D eigenvalue weighted by molar-refractivity contribution is -0.346. The molecule has 2 aromatic carbocycles. The molecule has 2 aromatic rings. The molecule has 0 radical (unpaired) electrons. The molecule has 1 amide bonds. The number of nitrogens with one attached hydrogen (secondary N) is 1. The minimum atomic E-state index is -2.37. The van der Waals surface area contributed by atoms with Crippen molar-refractivity contribution in [2.45, 2.75) is 129 Å².